The minimum atomic E-state index is -0.431. The maximum atomic E-state index is 15.0. The summed E-state index contributed by atoms with van der Waals surface area (Å²) in [7, 11) is 0. The van der Waals surface area contributed by atoms with Crippen LogP contribution in [0.5, 0.6) is 5.75 Å². The van der Waals surface area contributed by atoms with Gasteiger partial charge in [-0.2, -0.15) is 0 Å². The molecular formula is C29H36FN3O3. The van der Waals surface area contributed by atoms with E-state index in [0.29, 0.717) is 54.3 Å². The van der Waals surface area contributed by atoms with Crippen LogP contribution in [0.1, 0.15) is 75.1 Å². The van der Waals surface area contributed by atoms with Crippen LogP contribution in [0.15, 0.2) is 18.3 Å². The first-order chi connectivity index (χ1) is 17.5. The van der Waals surface area contributed by atoms with Crippen molar-refractivity contribution in [1.82, 2.24) is 9.88 Å². The second kappa shape index (κ2) is 9.64. The Balaban J connectivity index is 1.20. The van der Waals surface area contributed by atoms with Crippen molar-refractivity contribution in [3.05, 3.63) is 29.7 Å². The summed E-state index contributed by atoms with van der Waals surface area (Å²) in [6, 6.07) is 3.56. The van der Waals surface area contributed by atoms with Crippen molar-refractivity contribution in [2.75, 3.05) is 25.0 Å². The Morgan fingerprint density at radius 3 is 2.50 bits per heavy atom. The summed E-state index contributed by atoms with van der Waals surface area (Å²) in [6.07, 6.45) is 10.2. The quantitative estimate of drug-likeness (QED) is 0.437. The van der Waals surface area contributed by atoms with Crippen LogP contribution in [0.4, 0.5) is 10.1 Å². The highest BCUT2D eigenvalue weighted by Gasteiger charge is 2.52. The highest BCUT2D eigenvalue weighted by molar-refractivity contribution is 6.08. The van der Waals surface area contributed by atoms with Crippen molar-refractivity contribution in [3.8, 4) is 5.75 Å². The molecular weight excluding hydrogens is 457 g/mol. The number of pyridine rings is 1. The highest BCUT2D eigenvalue weighted by Crippen LogP contribution is 2.55. The Morgan fingerprint density at radius 1 is 1.11 bits per heavy atom. The van der Waals surface area contributed by atoms with E-state index in [2.05, 4.69) is 10.3 Å². The van der Waals surface area contributed by atoms with Crippen LogP contribution in [0.25, 0.3) is 10.9 Å². The lowest BCUT2D eigenvalue weighted by molar-refractivity contribution is -0.132. The molecule has 4 saturated carbocycles. The van der Waals surface area contributed by atoms with Crippen molar-refractivity contribution in [2.45, 2.75) is 70.8 Å². The number of benzene rings is 1. The smallest absolute Gasteiger partial charge is 0.222 e. The van der Waals surface area contributed by atoms with E-state index >= 15 is 4.39 Å². The number of fused-ring (bicyclic) bond motifs is 1. The molecule has 2 bridgehead atoms. The van der Waals surface area contributed by atoms with E-state index in [-0.39, 0.29) is 23.4 Å². The van der Waals surface area contributed by atoms with Gasteiger partial charge in [-0.05, 0) is 74.7 Å². The second-order valence-corrected chi connectivity index (χ2v) is 11.5. The van der Waals surface area contributed by atoms with Crippen LogP contribution in [0.2, 0.25) is 0 Å². The fourth-order valence-corrected chi connectivity index (χ4v) is 5.98. The number of ether oxygens (including phenoxy) is 1. The number of nitrogens with zero attached hydrogens (tertiary/aromatic N) is 2. The molecule has 6 nitrogen and oxygen atoms in total. The molecule has 1 amide bonds. The summed E-state index contributed by atoms with van der Waals surface area (Å²) in [5.74, 6) is 2.26. The molecule has 7 heteroatoms. The van der Waals surface area contributed by atoms with Gasteiger partial charge in [0.05, 0.1) is 23.4 Å². The topological polar surface area (TPSA) is 71.5 Å². The van der Waals surface area contributed by atoms with E-state index < -0.39 is 5.82 Å². The number of ketones is 1. The third-order valence-electron chi connectivity index (χ3n) is 8.84. The maximum Gasteiger partial charge on any atom is 0.222 e. The molecule has 5 fully saturated rings. The van der Waals surface area contributed by atoms with Gasteiger partial charge in [0.1, 0.15) is 0 Å². The van der Waals surface area contributed by atoms with Gasteiger partial charge < -0.3 is 15.0 Å². The first kappa shape index (κ1) is 23.7. The van der Waals surface area contributed by atoms with Gasteiger partial charge in [-0.3, -0.25) is 14.6 Å². The number of Topliss-reactive ketones (excluding diaryl/α,β-unsaturated/α-hetero) is 1. The van der Waals surface area contributed by atoms with Gasteiger partial charge in [-0.15, -0.1) is 0 Å². The zero-order valence-corrected chi connectivity index (χ0v) is 21.1. The predicted molar refractivity (Wildman–Crippen MR) is 137 cm³/mol. The molecule has 0 atom stereocenters. The fourth-order valence-electron chi connectivity index (χ4n) is 5.98. The summed E-state index contributed by atoms with van der Waals surface area (Å²) >= 11 is 0. The van der Waals surface area contributed by atoms with Gasteiger partial charge in [0.15, 0.2) is 17.3 Å². The molecule has 1 saturated heterocycles. The van der Waals surface area contributed by atoms with Gasteiger partial charge >= 0.3 is 0 Å². The van der Waals surface area contributed by atoms with E-state index in [0.717, 1.165) is 56.3 Å². The van der Waals surface area contributed by atoms with Gasteiger partial charge in [0, 0.05) is 49.6 Å². The van der Waals surface area contributed by atoms with E-state index in [1.807, 2.05) is 11.8 Å². The van der Waals surface area contributed by atoms with Crippen molar-refractivity contribution in [1.29, 1.82) is 0 Å². The fraction of sp³-hybridized carbons (Fsp3) is 0.621. The lowest BCUT2D eigenvalue weighted by Gasteiger charge is -2.58. The number of carbonyl (C=O) groups is 2. The molecule has 0 radical (unpaired) electrons. The molecule has 0 spiro atoms. The van der Waals surface area contributed by atoms with E-state index in [4.69, 9.17) is 4.74 Å². The third-order valence-corrected chi connectivity index (χ3v) is 8.84. The molecule has 0 unspecified atom stereocenters. The lowest BCUT2D eigenvalue weighted by atomic mass is 9.52. The first-order valence-corrected chi connectivity index (χ1v) is 13.8. The molecule has 2 aromatic rings. The van der Waals surface area contributed by atoms with Gasteiger partial charge in [0.25, 0.3) is 0 Å². The van der Waals surface area contributed by atoms with Crippen molar-refractivity contribution >= 4 is 28.3 Å². The van der Waals surface area contributed by atoms with Crippen LogP contribution in [0.3, 0.4) is 0 Å². The monoisotopic (exact) mass is 493 g/mol. The predicted octanol–water partition coefficient (Wildman–Crippen LogP) is 5.59. The van der Waals surface area contributed by atoms with E-state index in [1.54, 1.807) is 12.3 Å². The normalized spacial score (nSPS) is 25.3. The second-order valence-electron chi connectivity index (χ2n) is 11.5. The molecule has 1 aliphatic heterocycles. The zero-order valence-electron chi connectivity index (χ0n) is 21.1. The number of hydrogen-bond acceptors (Lipinski definition) is 5. The first-order valence-electron chi connectivity index (χ1n) is 13.8. The molecule has 7 rings (SSSR count). The summed E-state index contributed by atoms with van der Waals surface area (Å²) in [5.41, 5.74) is 1.97. The minimum absolute atomic E-state index is 0.124. The largest absolute Gasteiger partial charge is 0.490 e. The van der Waals surface area contributed by atoms with Gasteiger partial charge in [-0.25, -0.2) is 4.39 Å². The van der Waals surface area contributed by atoms with Crippen molar-refractivity contribution in [2.24, 2.45) is 23.7 Å². The lowest BCUT2D eigenvalue weighted by Crippen LogP contribution is -2.59. The van der Waals surface area contributed by atoms with Gasteiger partial charge in [0.2, 0.25) is 5.91 Å². The molecule has 1 N–H and O–H groups in total. The SMILES string of the molecule is CCCC(=O)N1CCC(COc2cc3c(NC4C5CC4C5)c(C(=O)CC4CC4)cnc3cc2F)CC1. The van der Waals surface area contributed by atoms with Crippen LogP contribution in [-0.4, -0.2) is 47.3 Å². The van der Waals surface area contributed by atoms with Crippen LogP contribution >= 0.6 is 0 Å². The van der Waals surface area contributed by atoms with Crippen LogP contribution in [0, 0.1) is 29.5 Å². The van der Waals surface area contributed by atoms with Crippen molar-refractivity contribution in [3.63, 3.8) is 0 Å². The third kappa shape index (κ3) is 4.57. The molecule has 4 aliphatic carbocycles. The van der Waals surface area contributed by atoms with Crippen LogP contribution < -0.4 is 10.1 Å². The number of aromatic nitrogens is 1. The van der Waals surface area contributed by atoms with E-state index in [9.17, 15) is 9.59 Å². The van der Waals surface area contributed by atoms with Crippen molar-refractivity contribution < 1.29 is 18.7 Å². The molecule has 1 aromatic carbocycles. The summed E-state index contributed by atoms with van der Waals surface area (Å²) in [6.45, 7) is 3.91. The Labute approximate surface area is 212 Å². The van der Waals surface area contributed by atoms with E-state index in [1.165, 1.54) is 18.9 Å². The Kier molecular flexibility index (Phi) is 6.34. The maximum absolute atomic E-state index is 15.0. The number of piperidine rings is 1. The average molecular weight is 494 g/mol. The molecule has 192 valence electrons. The van der Waals surface area contributed by atoms with Gasteiger partial charge in [-0.1, -0.05) is 6.92 Å². The number of carbonyl (C=O) groups excluding carboxylic acids is 2. The number of anilines is 1. The zero-order chi connectivity index (χ0) is 24.8. The summed E-state index contributed by atoms with van der Waals surface area (Å²) in [4.78, 5) is 31.7. The minimum Gasteiger partial charge on any atom is -0.490 e. The van der Waals surface area contributed by atoms with Crippen LogP contribution in [-0.2, 0) is 4.79 Å². The number of amides is 1. The number of hydrogen-bond donors (Lipinski definition) is 1. The molecule has 1 aromatic heterocycles. The number of rotatable bonds is 10. The summed E-state index contributed by atoms with van der Waals surface area (Å²) < 4.78 is 21.0. The average Bonchev–Trinajstić information content (AvgIpc) is 3.64. The Hall–Kier alpha value is -2.70. The number of halogens is 1. The molecule has 5 aliphatic rings. The molecule has 36 heavy (non-hydrogen) atoms. The Morgan fingerprint density at radius 2 is 1.86 bits per heavy atom. The number of likely N-dealkylation sites (tertiary alicyclic amines) is 1. The standard InChI is InChI=1S/C29H36FN3O3/c1-2-3-27(35)33-8-6-18(7-9-33)16-36-26-13-21-24(14-23(26)30)31-15-22(25(34)10-17-4-5-17)29(21)32-28-19-11-20(28)12-19/h13-15,17-20,28H,2-12,16H2,1H3,(H,31,32). The summed E-state index contributed by atoms with van der Waals surface area (Å²) in [5, 5.41) is 4.43. The highest BCUT2D eigenvalue weighted by atomic mass is 19.1. The Bertz CT molecular complexity index is 1160. The molecule has 2 heterocycles. The number of nitrogens with one attached hydrogen (secondary N) is 1.